The lowest BCUT2D eigenvalue weighted by Crippen LogP contribution is -2.36. The fraction of sp³-hybridized carbons (Fsp3) is 0.500. The van der Waals surface area contributed by atoms with Crippen LogP contribution in [0, 0.1) is 5.92 Å². The molecule has 0 bridgehead atoms. The fourth-order valence-electron chi connectivity index (χ4n) is 3.34. The van der Waals surface area contributed by atoms with Crippen LogP contribution in [-0.4, -0.2) is 21.3 Å². The summed E-state index contributed by atoms with van der Waals surface area (Å²) in [6.07, 6.45) is -1.24. The van der Waals surface area contributed by atoms with Crippen LogP contribution in [0.3, 0.4) is 0 Å². The Morgan fingerprint density at radius 2 is 2.12 bits per heavy atom. The number of aromatic amines is 1. The summed E-state index contributed by atoms with van der Waals surface area (Å²) in [5.41, 5.74) is 1.46. The predicted octanol–water partition coefficient (Wildman–Crippen LogP) is 3.59. The second-order valence-corrected chi connectivity index (χ2v) is 6.63. The SMILES string of the molecule is CCC[C@@H](NC(=O)[C@@H]1CCc2n[nH]nc2C1)c1cccc(C(F)(F)F)c1. The Morgan fingerprint density at radius 3 is 2.85 bits per heavy atom. The van der Waals surface area contributed by atoms with Gasteiger partial charge < -0.3 is 5.32 Å². The van der Waals surface area contributed by atoms with Crippen molar-refractivity contribution >= 4 is 5.91 Å². The highest BCUT2D eigenvalue weighted by Gasteiger charge is 2.32. The van der Waals surface area contributed by atoms with E-state index in [4.69, 9.17) is 0 Å². The van der Waals surface area contributed by atoms with Crippen LogP contribution in [-0.2, 0) is 23.8 Å². The van der Waals surface area contributed by atoms with Gasteiger partial charge in [-0.05, 0) is 37.0 Å². The van der Waals surface area contributed by atoms with Gasteiger partial charge in [-0.1, -0.05) is 25.5 Å². The van der Waals surface area contributed by atoms with Gasteiger partial charge in [-0.25, -0.2) is 0 Å². The minimum absolute atomic E-state index is 0.144. The number of halogens is 3. The van der Waals surface area contributed by atoms with E-state index in [0.717, 1.165) is 29.9 Å². The van der Waals surface area contributed by atoms with Crippen molar-refractivity contribution in [1.82, 2.24) is 20.7 Å². The quantitative estimate of drug-likeness (QED) is 0.850. The second-order valence-electron chi connectivity index (χ2n) is 6.63. The van der Waals surface area contributed by atoms with E-state index < -0.39 is 17.8 Å². The molecule has 0 saturated heterocycles. The summed E-state index contributed by atoms with van der Waals surface area (Å²) in [4.78, 5) is 12.7. The molecule has 2 aromatic rings. The van der Waals surface area contributed by atoms with E-state index in [0.29, 0.717) is 31.2 Å². The number of amides is 1. The van der Waals surface area contributed by atoms with E-state index in [1.54, 1.807) is 6.07 Å². The number of nitrogens with zero attached hydrogens (tertiary/aromatic N) is 2. The highest BCUT2D eigenvalue weighted by molar-refractivity contribution is 5.79. The lowest BCUT2D eigenvalue weighted by molar-refractivity contribution is -0.137. The van der Waals surface area contributed by atoms with Crippen LogP contribution in [0.15, 0.2) is 24.3 Å². The molecule has 1 aromatic carbocycles. The summed E-state index contributed by atoms with van der Waals surface area (Å²) < 4.78 is 38.9. The molecule has 1 heterocycles. The average molecular weight is 366 g/mol. The number of benzene rings is 1. The van der Waals surface area contributed by atoms with Crippen LogP contribution in [0.4, 0.5) is 13.2 Å². The Kier molecular flexibility index (Phi) is 5.29. The molecule has 140 valence electrons. The van der Waals surface area contributed by atoms with Crippen LogP contribution < -0.4 is 5.32 Å². The standard InChI is InChI=1S/C18H21F3N4O/c1-2-4-14(11-5-3-6-13(9-11)18(19,20)21)22-17(26)12-7-8-15-16(10-12)24-25-23-15/h3,5-6,9,12,14H,2,4,7-8,10H2,1H3,(H,22,26)(H,23,24,25)/t12-,14-/m1/s1. The Labute approximate surface area is 149 Å². The third kappa shape index (κ3) is 4.05. The number of rotatable bonds is 5. The first-order chi connectivity index (χ1) is 12.4. The number of carbonyl (C=O) groups excluding carboxylic acids is 1. The van der Waals surface area contributed by atoms with Crippen molar-refractivity contribution in [1.29, 1.82) is 0 Å². The van der Waals surface area contributed by atoms with E-state index in [2.05, 4.69) is 20.7 Å². The minimum atomic E-state index is -4.40. The number of nitrogens with one attached hydrogen (secondary N) is 2. The van der Waals surface area contributed by atoms with Gasteiger partial charge >= 0.3 is 6.18 Å². The van der Waals surface area contributed by atoms with Crippen molar-refractivity contribution in [3.63, 3.8) is 0 Å². The molecule has 0 fully saturated rings. The highest BCUT2D eigenvalue weighted by Crippen LogP contribution is 2.32. The molecule has 0 saturated carbocycles. The number of alkyl halides is 3. The number of aryl methyl sites for hydroxylation is 1. The maximum Gasteiger partial charge on any atom is 0.416 e. The lowest BCUT2D eigenvalue weighted by atomic mass is 9.88. The summed E-state index contributed by atoms with van der Waals surface area (Å²) in [5, 5.41) is 13.6. The Balaban J connectivity index is 1.74. The van der Waals surface area contributed by atoms with Gasteiger partial charge in [0.15, 0.2) is 0 Å². The van der Waals surface area contributed by atoms with Crippen molar-refractivity contribution in [2.45, 2.75) is 51.2 Å². The Morgan fingerprint density at radius 1 is 1.35 bits per heavy atom. The molecule has 3 rings (SSSR count). The van der Waals surface area contributed by atoms with E-state index in [-0.39, 0.29) is 11.8 Å². The van der Waals surface area contributed by atoms with E-state index in [1.165, 1.54) is 6.07 Å². The minimum Gasteiger partial charge on any atom is -0.349 e. The molecule has 0 radical (unpaired) electrons. The van der Waals surface area contributed by atoms with Crippen molar-refractivity contribution in [3.05, 3.63) is 46.8 Å². The smallest absolute Gasteiger partial charge is 0.349 e. The Hall–Kier alpha value is -2.38. The first kappa shape index (κ1) is 18.4. The van der Waals surface area contributed by atoms with Gasteiger partial charge in [-0.15, -0.1) is 0 Å². The normalized spacial score (nSPS) is 18.2. The molecule has 0 unspecified atom stereocenters. The topological polar surface area (TPSA) is 70.7 Å². The number of fused-ring (bicyclic) bond motifs is 1. The van der Waals surface area contributed by atoms with Gasteiger partial charge in [0.25, 0.3) is 0 Å². The predicted molar refractivity (Wildman–Crippen MR) is 89.1 cm³/mol. The van der Waals surface area contributed by atoms with Gasteiger partial charge in [0.1, 0.15) is 0 Å². The van der Waals surface area contributed by atoms with Crippen LogP contribution in [0.2, 0.25) is 0 Å². The van der Waals surface area contributed by atoms with Gasteiger partial charge in [0, 0.05) is 12.3 Å². The summed E-state index contributed by atoms with van der Waals surface area (Å²) in [6.45, 7) is 1.94. The lowest BCUT2D eigenvalue weighted by Gasteiger charge is -2.25. The van der Waals surface area contributed by atoms with Crippen LogP contribution in [0.25, 0.3) is 0 Å². The number of H-pyrrole nitrogens is 1. The first-order valence-electron chi connectivity index (χ1n) is 8.74. The number of aromatic nitrogens is 3. The highest BCUT2D eigenvalue weighted by atomic mass is 19.4. The van der Waals surface area contributed by atoms with Crippen LogP contribution >= 0.6 is 0 Å². The molecular formula is C18H21F3N4O. The van der Waals surface area contributed by atoms with Gasteiger partial charge in [0.2, 0.25) is 5.91 Å². The molecule has 0 aliphatic heterocycles. The third-order valence-electron chi connectivity index (χ3n) is 4.75. The zero-order chi connectivity index (χ0) is 18.7. The van der Waals surface area contributed by atoms with Crippen LogP contribution in [0.1, 0.15) is 54.7 Å². The summed E-state index contributed by atoms with van der Waals surface area (Å²) in [5.74, 6) is -0.382. The maximum atomic E-state index is 13.0. The molecule has 8 heteroatoms. The van der Waals surface area contributed by atoms with Gasteiger partial charge in [-0.2, -0.15) is 28.6 Å². The van der Waals surface area contributed by atoms with Gasteiger partial charge in [0.05, 0.1) is 23.0 Å². The van der Waals surface area contributed by atoms with Crippen LogP contribution in [0.5, 0.6) is 0 Å². The first-order valence-corrected chi connectivity index (χ1v) is 8.74. The molecule has 26 heavy (non-hydrogen) atoms. The third-order valence-corrected chi connectivity index (χ3v) is 4.75. The fourth-order valence-corrected chi connectivity index (χ4v) is 3.34. The molecule has 1 aromatic heterocycles. The van der Waals surface area contributed by atoms with Gasteiger partial charge in [-0.3, -0.25) is 4.79 Å². The Bertz CT molecular complexity index is 772. The van der Waals surface area contributed by atoms with E-state index in [1.807, 2.05) is 6.92 Å². The molecular weight excluding hydrogens is 345 g/mol. The molecule has 1 amide bonds. The summed E-state index contributed by atoms with van der Waals surface area (Å²) in [6, 6.07) is 4.74. The zero-order valence-electron chi connectivity index (χ0n) is 14.4. The monoisotopic (exact) mass is 366 g/mol. The molecule has 2 atom stereocenters. The number of carbonyl (C=O) groups is 1. The molecule has 2 N–H and O–H groups in total. The molecule has 1 aliphatic rings. The number of hydrogen-bond acceptors (Lipinski definition) is 3. The summed E-state index contributed by atoms with van der Waals surface area (Å²) in [7, 11) is 0. The van der Waals surface area contributed by atoms with Crippen molar-refractivity contribution < 1.29 is 18.0 Å². The maximum absolute atomic E-state index is 13.0. The molecule has 0 spiro atoms. The largest absolute Gasteiger partial charge is 0.416 e. The van der Waals surface area contributed by atoms with E-state index >= 15 is 0 Å². The molecule has 1 aliphatic carbocycles. The van der Waals surface area contributed by atoms with Crippen molar-refractivity contribution in [2.24, 2.45) is 5.92 Å². The zero-order valence-corrected chi connectivity index (χ0v) is 14.4. The van der Waals surface area contributed by atoms with E-state index in [9.17, 15) is 18.0 Å². The molecule has 5 nitrogen and oxygen atoms in total. The van der Waals surface area contributed by atoms with Crippen molar-refractivity contribution in [2.75, 3.05) is 0 Å². The average Bonchev–Trinajstić information content (AvgIpc) is 3.08. The summed E-state index contributed by atoms with van der Waals surface area (Å²) >= 11 is 0. The van der Waals surface area contributed by atoms with Crippen molar-refractivity contribution in [3.8, 4) is 0 Å². The number of hydrogen-bond donors (Lipinski definition) is 2. The second kappa shape index (κ2) is 7.47.